The van der Waals surface area contributed by atoms with E-state index in [-0.39, 0.29) is 17.7 Å². The van der Waals surface area contributed by atoms with E-state index in [2.05, 4.69) is 20.2 Å². The van der Waals surface area contributed by atoms with Gasteiger partial charge in [0.05, 0.1) is 17.5 Å². The highest BCUT2D eigenvalue weighted by Crippen LogP contribution is 2.27. The Bertz CT molecular complexity index is 777. The molecule has 0 bridgehead atoms. The number of benzene rings is 1. The summed E-state index contributed by atoms with van der Waals surface area (Å²) in [4.78, 5) is 0. The minimum absolute atomic E-state index is 0.0499. The van der Waals surface area contributed by atoms with Crippen molar-refractivity contribution in [2.24, 2.45) is 0 Å². The van der Waals surface area contributed by atoms with E-state index in [1.807, 2.05) is 45.0 Å². The number of ether oxygens (including phenoxy) is 1. The Morgan fingerprint density at radius 3 is 2.40 bits per heavy atom. The van der Waals surface area contributed by atoms with Crippen molar-refractivity contribution >= 4 is 27.3 Å². The van der Waals surface area contributed by atoms with E-state index < -0.39 is 10.0 Å². The lowest BCUT2D eigenvalue weighted by molar-refractivity contribution is 0.244. The zero-order valence-corrected chi connectivity index (χ0v) is 15.5. The van der Waals surface area contributed by atoms with Gasteiger partial charge in [0.1, 0.15) is 5.75 Å². The highest BCUT2D eigenvalue weighted by atomic mass is 32.2. The van der Waals surface area contributed by atoms with Crippen LogP contribution >= 0.6 is 0 Å². The second-order valence-corrected chi connectivity index (χ2v) is 7.71. The number of aromatic nitrogens is 2. The highest BCUT2D eigenvalue weighted by Gasteiger charge is 2.11. The predicted molar refractivity (Wildman–Crippen MR) is 99.8 cm³/mol. The average Bonchev–Trinajstić information content (AvgIpc) is 2.56. The highest BCUT2D eigenvalue weighted by molar-refractivity contribution is 7.92. The lowest BCUT2D eigenvalue weighted by Gasteiger charge is -2.15. The molecule has 25 heavy (non-hydrogen) atoms. The molecule has 0 saturated heterocycles. The molecule has 0 unspecified atom stereocenters. The van der Waals surface area contributed by atoms with Crippen molar-refractivity contribution in [2.75, 3.05) is 15.8 Å². The Morgan fingerprint density at radius 1 is 1.08 bits per heavy atom. The number of unbranched alkanes of at least 4 members (excludes halogenated alkanes) is 1. The molecule has 0 fully saturated rings. The van der Waals surface area contributed by atoms with Crippen LogP contribution in [0.25, 0.3) is 0 Å². The molecule has 0 radical (unpaired) electrons. The molecule has 1 heterocycles. The average molecular weight is 364 g/mol. The van der Waals surface area contributed by atoms with Gasteiger partial charge in [-0.05, 0) is 44.5 Å². The minimum atomic E-state index is -3.38. The maximum absolute atomic E-state index is 11.9. The molecule has 2 aromatic rings. The fourth-order valence-electron chi connectivity index (χ4n) is 2.06. The van der Waals surface area contributed by atoms with Crippen LogP contribution in [0.3, 0.4) is 0 Å². The molecule has 1 aromatic carbocycles. The third-order valence-electron chi connectivity index (χ3n) is 3.20. The van der Waals surface area contributed by atoms with E-state index in [1.54, 1.807) is 12.1 Å². The summed E-state index contributed by atoms with van der Waals surface area (Å²) in [7, 11) is -3.38. The largest absolute Gasteiger partial charge is 0.489 e. The second kappa shape index (κ2) is 8.66. The van der Waals surface area contributed by atoms with Gasteiger partial charge in [0.15, 0.2) is 11.6 Å². The summed E-state index contributed by atoms with van der Waals surface area (Å²) in [6.45, 7) is 5.85. The zero-order valence-electron chi connectivity index (χ0n) is 14.7. The van der Waals surface area contributed by atoms with Gasteiger partial charge in [0.25, 0.3) is 0 Å². The predicted octanol–water partition coefficient (Wildman–Crippen LogP) is 3.55. The fraction of sp³-hybridized carbons (Fsp3) is 0.412. The van der Waals surface area contributed by atoms with Crippen LogP contribution < -0.4 is 14.8 Å². The van der Waals surface area contributed by atoms with Crippen LogP contribution in [0.4, 0.5) is 17.3 Å². The normalized spacial score (nSPS) is 11.4. The summed E-state index contributed by atoms with van der Waals surface area (Å²) in [6, 6.07) is 10.8. The van der Waals surface area contributed by atoms with Crippen molar-refractivity contribution in [3.8, 4) is 5.75 Å². The van der Waals surface area contributed by atoms with Gasteiger partial charge in [-0.2, -0.15) is 0 Å². The molecule has 7 nitrogen and oxygen atoms in total. The molecular weight excluding hydrogens is 340 g/mol. The molecule has 2 rings (SSSR count). The number of hydrogen-bond donors (Lipinski definition) is 2. The Labute approximate surface area is 148 Å². The number of anilines is 3. The van der Waals surface area contributed by atoms with E-state index in [4.69, 9.17) is 4.74 Å². The maximum atomic E-state index is 11.9. The summed E-state index contributed by atoms with van der Waals surface area (Å²) in [5.74, 6) is 1.48. The van der Waals surface area contributed by atoms with E-state index in [1.165, 1.54) is 0 Å². The van der Waals surface area contributed by atoms with Crippen LogP contribution in [0.2, 0.25) is 0 Å². The van der Waals surface area contributed by atoms with Crippen molar-refractivity contribution in [1.29, 1.82) is 0 Å². The zero-order chi connectivity index (χ0) is 18.3. The Morgan fingerprint density at radius 2 is 1.76 bits per heavy atom. The topological polar surface area (TPSA) is 93.2 Å². The molecule has 2 N–H and O–H groups in total. The Kier molecular flexibility index (Phi) is 6.58. The maximum Gasteiger partial charge on any atom is 0.233 e. The van der Waals surface area contributed by atoms with Gasteiger partial charge in [-0.25, -0.2) is 8.42 Å². The smallest absolute Gasteiger partial charge is 0.233 e. The first-order valence-corrected chi connectivity index (χ1v) is 9.92. The van der Waals surface area contributed by atoms with E-state index in [0.717, 1.165) is 12.1 Å². The molecule has 8 heteroatoms. The van der Waals surface area contributed by atoms with Gasteiger partial charge in [-0.15, -0.1) is 10.2 Å². The SMILES string of the molecule is CCCCS(=O)(=O)Nc1ccc(Nc2ccccc2OC(C)C)nn1. The van der Waals surface area contributed by atoms with Gasteiger partial charge >= 0.3 is 0 Å². The van der Waals surface area contributed by atoms with Gasteiger partial charge in [-0.1, -0.05) is 25.5 Å². The van der Waals surface area contributed by atoms with Crippen LogP contribution in [-0.4, -0.2) is 30.5 Å². The van der Waals surface area contributed by atoms with Crippen molar-refractivity contribution in [3.63, 3.8) is 0 Å². The lowest BCUT2D eigenvalue weighted by atomic mass is 10.3. The molecular formula is C17H24N4O3S. The minimum Gasteiger partial charge on any atom is -0.489 e. The van der Waals surface area contributed by atoms with Crippen molar-refractivity contribution in [2.45, 2.75) is 39.7 Å². The van der Waals surface area contributed by atoms with Crippen molar-refractivity contribution in [3.05, 3.63) is 36.4 Å². The number of para-hydroxylation sites is 2. The molecule has 0 atom stereocenters. The molecule has 1 aromatic heterocycles. The number of nitrogens with one attached hydrogen (secondary N) is 2. The van der Waals surface area contributed by atoms with Gasteiger partial charge in [-0.3, -0.25) is 4.72 Å². The summed E-state index contributed by atoms with van der Waals surface area (Å²) < 4.78 is 31.9. The summed E-state index contributed by atoms with van der Waals surface area (Å²) in [5, 5.41) is 11.1. The molecule has 0 aliphatic carbocycles. The molecule has 0 aliphatic heterocycles. The van der Waals surface area contributed by atoms with Crippen molar-refractivity contribution < 1.29 is 13.2 Å². The van der Waals surface area contributed by atoms with Crippen LogP contribution in [-0.2, 0) is 10.0 Å². The Balaban J connectivity index is 2.06. The molecule has 136 valence electrons. The van der Waals surface area contributed by atoms with Crippen LogP contribution in [0.15, 0.2) is 36.4 Å². The van der Waals surface area contributed by atoms with Gasteiger partial charge in [0.2, 0.25) is 10.0 Å². The van der Waals surface area contributed by atoms with Crippen LogP contribution in [0.1, 0.15) is 33.6 Å². The van der Waals surface area contributed by atoms with E-state index in [0.29, 0.717) is 18.0 Å². The molecule has 0 aliphatic rings. The first-order chi connectivity index (χ1) is 11.9. The van der Waals surface area contributed by atoms with Crippen LogP contribution in [0, 0.1) is 0 Å². The first-order valence-electron chi connectivity index (χ1n) is 8.26. The number of sulfonamides is 1. The van der Waals surface area contributed by atoms with E-state index in [9.17, 15) is 8.42 Å². The summed E-state index contributed by atoms with van der Waals surface area (Å²) in [6.07, 6.45) is 1.47. The molecule has 0 saturated carbocycles. The molecule has 0 spiro atoms. The summed E-state index contributed by atoms with van der Waals surface area (Å²) >= 11 is 0. The third kappa shape index (κ3) is 6.22. The molecule has 0 amide bonds. The van der Waals surface area contributed by atoms with Crippen molar-refractivity contribution in [1.82, 2.24) is 10.2 Å². The quantitative estimate of drug-likeness (QED) is 0.707. The second-order valence-electron chi connectivity index (χ2n) is 5.87. The monoisotopic (exact) mass is 364 g/mol. The number of rotatable bonds is 9. The van der Waals surface area contributed by atoms with Gasteiger partial charge in [0, 0.05) is 0 Å². The standard InChI is InChI=1S/C17H24N4O3S/c1-4-5-12-25(22,23)21-17-11-10-16(19-20-17)18-14-8-6-7-9-15(14)24-13(2)3/h6-11,13H,4-5,12H2,1-3H3,(H,18,19)(H,20,21). The third-order valence-corrected chi connectivity index (χ3v) is 4.55. The lowest BCUT2D eigenvalue weighted by Crippen LogP contribution is -2.17. The summed E-state index contributed by atoms with van der Waals surface area (Å²) in [5.41, 5.74) is 0.766. The van der Waals surface area contributed by atoms with Crippen LogP contribution in [0.5, 0.6) is 5.75 Å². The Hall–Kier alpha value is -2.35. The first kappa shape index (κ1) is 19.0. The van der Waals surface area contributed by atoms with E-state index >= 15 is 0 Å². The fourth-order valence-corrected chi connectivity index (χ4v) is 3.26. The number of hydrogen-bond acceptors (Lipinski definition) is 6. The number of nitrogens with zero attached hydrogens (tertiary/aromatic N) is 2. The van der Waals surface area contributed by atoms with Gasteiger partial charge < -0.3 is 10.1 Å².